The minimum atomic E-state index is -1.65. The average Bonchev–Trinajstić information content (AvgIpc) is 2.70. The van der Waals surface area contributed by atoms with Crippen molar-refractivity contribution in [2.75, 3.05) is 4.90 Å². The van der Waals surface area contributed by atoms with Crippen LogP contribution in [-0.2, 0) is 16.9 Å². The Morgan fingerprint density at radius 2 is 1.73 bits per heavy atom. The van der Waals surface area contributed by atoms with E-state index >= 15 is 0 Å². The third-order valence-electron chi connectivity index (χ3n) is 4.01. The molecule has 0 radical (unpaired) electrons. The number of aliphatic hydroxyl groups excluding tert-OH is 1. The number of fused-ring (bicyclic) bond motifs is 1. The minimum absolute atomic E-state index is 0.00582. The summed E-state index contributed by atoms with van der Waals surface area (Å²) in [4.78, 5) is 14.4. The standard InChI is InChI=1S/C18H19NO3/c1-13(20)11-18(22)15-9-5-6-10-16(15)19(17(18)21)12-14-7-3-2-4-8-14/h2-10,13,20,22H,11-12H2,1H3/t13-,18+/m1/s1. The van der Waals surface area contributed by atoms with Crippen LogP contribution in [0.1, 0.15) is 24.5 Å². The molecule has 0 spiro atoms. The molecule has 4 nitrogen and oxygen atoms in total. The molecule has 114 valence electrons. The molecule has 0 saturated heterocycles. The van der Waals surface area contributed by atoms with Crippen LogP contribution in [0.5, 0.6) is 0 Å². The minimum Gasteiger partial charge on any atom is -0.393 e. The molecule has 4 heteroatoms. The van der Waals surface area contributed by atoms with E-state index in [4.69, 9.17) is 0 Å². The predicted octanol–water partition coefficient (Wildman–Crippen LogP) is 2.19. The van der Waals surface area contributed by atoms with Crippen molar-refractivity contribution in [3.63, 3.8) is 0 Å². The van der Waals surface area contributed by atoms with E-state index in [9.17, 15) is 15.0 Å². The van der Waals surface area contributed by atoms with Gasteiger partial charge in [0.15, 0.2) is 5.60 Å². The van der Waals surface area contributed by atoms with Crippen molar-refractivity contribution in [1.82, 2.24) is 0 Å². The van der Waals surface area contributed by atoms with Crippen LogP contribution in [0.25, 0.3) is 0 Å². The van der Waals surface area contributed by atoms with Gasteiger partial charge in [-0.3, -0.25) is 4.79 Å². The highest BCUT2D eigenvalue weighted by Crippen LogP contribution is 2.43. The molecule has 1 amide bonds. The van der Waals surface area contributed by atoms with Gasteiger partial charge >= 0.3 is 0 Å². The van der Waals surface area contributed by atoms with Gasteiger partial charge in [-0.25, -0.2) is 0 Å². The predicted molar refractivity (Wildman–Crippen MR) is 84.3 cm³/mol. The maximum atomic E-state index is 12.8. The van der Waals surface area contributed by atoms with E-state index in [2.05, 4.69) is 0 Å². The summed E-state index contributed by atoms with van der Waals surface area (Å²) in [6.07, 6.45) is -0.771. The monoisotopic (exact) mass is 297 g/mol. The summed E-state index contributed by atoms with van der Waals surface area (Å²) in [6.45, 7) is 1.98. The smallest absolute Gasteiger partial charge is 0.264 e. The first kappa shape index (κ1) is 14.8. The summed E-state index contributed by atoms with van der Waals surface area (Å²) >= 11 is 0. The molecule has 0 aliphatic carbocycles. The molecule has 0 aromatic heterocycles. The number of carbonyl (C=O) groups excluding carboxylic acids is 1. The Labute approximate surface area is 129 Å². The second-order valence-corrected chi connectivity index (χ2v) is 5.81. The summed E-state index contributed by atoms with van der Waals surface area (Å²) < 4.78 is 0. The van der Waals surface area contributed by atoms with Gasteiger partial charge in [0, 0.05) is 12.0 Å². The molecule has 0 bridgehead atoms. The van der Waals surface area contributed by atoms with Crippen LogP contribution >= 0.6 is 0 Å². The molecule has 2 N–H and O–H groups in total. The average molecular weight is 297 g/mol. The normalized spacial score (nSPS) is 21.8. The number of rotatable bonds is 4. The molecule has 0 fully saturated rings. The van der Waals surface area contributed by atoms with Gasteiger partial charge in [0.05, 0.1) is 18.3 Å². The van der Waals surface area contributed by atoms with Crippen LogP contribution in [0, 0.1) is 0 Å². The number of carbonyl (C=O) groups is 1. The van der Waals surface area contributed by atoms with E-state index in [1.807, 2.05) is 42.5 Å². The van der Waals surface area contributed by atoms with Crippen molar-refractivity contribution < 1.29 is 15.0 Å². The third kappa shape index (κ3) is 2.40. The van der Waals surface area contributed by atoms with E-state index in [-0.39, 0.29) is 12.3 Å². The maximum absolute atomic E-state index is 12.8. The van der Waals surface area contributed by atoms with Gasteiger partial charge in [0.25, 0.3) is 5.91 Å². The Morgan fingerprint density at radius 1 is 1.09 bits per heavy atom. The van der Waals surface area contributed by atoms with Gasteiger partial charge in [-0.05, 0) is 18.6 Å². The molecule has 2 atom stereocenters. The van der Waals surface area contributed by atoms with Gasteiger partial charge in [-0.15, -0.1) is 0 Å². The maximum Gasteiger partial charge on any atom is 0.264 e. The number of hydrogen-bond acceptors (Lipinski definition) is 3. The van der Waals surface area contributed by atoms with Crippen molar-refractivity contribution in [3.05, 3.63) is 65.7 Å². The molecule has 2 aromatic carbocycles. The van der Waals surface area contributed by atoms with Crippen molar-refractivity contribution in [2.24, 2.45) is 0 Å². The highest BCUT2D eigenvalue weighted by Gasteiger charge is 2.49. The first-order chi connectivity index (χ1) is 10.5. The fraction of sp³-hybridized carbons (Fsp3) is 0.278. The van der Waals surface area contributed by atoms with E-state index in [1.165, 1.54) is 0 Å². The Hall–Kier alpha value is -2.17. The van der Waals surface area contributed by atoms with Crippen LogP contribution in [0.2, 0.25) is 0 Å². The van der Waals surface area contributed by atoms with E-state index in [1.54, 1.807) is 24.0 Å². The molecule has 0 saturated carbocycles. The summed E-state index contributed by atoms with van der Waals surface area (Å²) in [5.41, 5.74) is 0.614. The molecule has 22 heavy (non-hydrogen) atoms. The first-order valence-corrected chi connectivity index (χ1v) is 7.38. The molecule has 0 unspecified atom stereocenters. The summed E-state index contributed by atoms with van der Waals surface area (Å²) in [5.74, 6) is -0.376. The SMILES string of the molecule is C[C@@H](O)C[C@@]1(O)C(=O)N(Cc2ccccc2)c2ccccc21. The van der Waals surface area contributed by atoms with Crippen molar-refractivity contribution in [1.29, 1.82) is 0 Å². The fourth-order valence-corrected chi connectivity index (χ4v) is 3.05. The molecule has 3 rings (SSSR count). The van der Waals surface area contributed by atoms with E-state index in [0.29, 0.717) is 17.8 Å². The second kappa shape index (κ2) is 5.55. The van der Waals surface area contributed by atoms with Gasteiger partial charge in [-0.1, -0.05) is 48.5 Å². The Bertz CT molecular complexity index is 684. The quantitative estimate of drug-likeness (QED) is 0.909. The lowest BCUT2D eigenvalue weighted by Gasteiger charge is -2.24. The Balaban J connectivity index is 2.01. The van der Waals surface area contributed by atoms with Crippen molar-refractivity contribution >= 4 is 11.6 Å². The number of amides is 1. The van der Waals surface area contributed by atoms with Gasteiger partial charge in [-0.2, -0.15) is 0 Å². The third-order valence-corrected chi connectivity index (χ3v) is 4.01. The van der Waals surface area contributed by atoms with Gasteiger partial charge < -0.3 is 15.1 Å². The van der Waals surface area contributed by atoms with Crippen LogP contribution in [0.15, 0.2) is 54.6 Å². The van der Waals surface area contributed by atoms with Crippen LogP contribution in [0.3, 0.4) is 0 Å². The Morgan fingerprint density at radius 3 is 2.41 bits per heavy atom. The van der Waals surface area contributed by atoms with E-state index in [0.717, 1.165) is 5.56 Å². The molecular formula is C18H19NO3. The first-order valence-electron chi connectivity index (χ1n) is 7.38. The number of hydrogen-bond donors (Lipinski definition) is 2. The number of nitrogens with zero attached hydrogens (tertiary/aromatic N) is 1. The molecular weight excluding hydrogens is 278 g/mol. The number of benzene rings is 2. The van der Waals surface area contributed by atoms with Crippen LogP contribution in [0.4, 0.5) is 5.69 Å². The van der Waals surface area contributed by atoms with Crippen LogP contribution in [-0.4, -0.2) is 22.2 Å². The summed E-state index contributed by atoms with van der Waals surface area (Å²) in [7, 11) is 0. The number of para-hydroxylation sites is 1. The zero-order valence-corrected chi connectivity index (χ0v) is 12.4. The lowest BCUT2D eigenvalue weighted by atomic mass is 9.90. The highest BCUT2D eigenvalue weighted by molar-refractivity contribution is 6.06. The van der Waals surface area contributed by atoms with Crippen molar-refractivity contribution in [2.45, 2.75) is 31.6 Å². The lowest BCUT2D eigenvalue weighted by Crippen LogP contribution is -2.41. The highest BCUT2D eigenvalue weighted by atomic mass is 16.3. The molecule has 1 aliphatic rings. The summed E-state index contributed by atoms with van der Waals surface area (Å²) in [6, 6.07) is 16.9. The fourth-order valence-electron chi connectivity index (χ4n) is 3.05. The summed E-state index contributed by atoms with van der Waals surface area (Å²) in [5, 5.41) is 20.5. The van der Waals surface area contributed by atoms with Crippen LogP contribution < -0.4 is 4.90 Å². The van der Waals surface area contributed by atoms with Crippen molar-refractivity contribution in [3.8, 4) is 0 Å². The second-order valence-electron chi connectivity index (χ2n) is 5.81. The van der Waals surface area contributed by atoms with Gasteiger partial charge in [0.2, 0.25) is 0 Å². The zero-order chi connectivity index (χ0) is 15.7. The molecule has 1 heterocycles. The molecule has 2 aromatic rings. The van der Waals surface area contributed by atoms with Gasteiger partial charge in [0.1, 0.15) is 0 Å². The molecule has 1 aliphatic heterocycles. The number of anilines is 1. The van der Waals surface area contributed by atoms with E-state index < -0.39 is 11.7 Å². The number of aliphatic hydroxyl groups is 2. The lowest BCUT2D eigenvalue weighted by molar-refractivity contribution is -0.139. The largest absolute Gasteiger partial charge is 0.393 e. The Kier molecular flexibility index (Phi) is 3.72. The topological polar surface area (TPSA) is 60.8 Å². The zero-order valence-electron chi connectivity index (χ0n) is 12.4.